The minimum Gasteiger partial charge on any atom is -0.473 e. The van der Waals surface area contributed by atoms with Crippen molar-refractivity contribution in [2.75, 3.05) is 12.3 Å². The number of carbonyl (C=O) groups excluding carboxylic acids is 1. The maximum absolute atomic E-state index is 11.8. The number of nitrogens with two attached hydrogens (primary N) is 1. The maximum atomic E-state index is 11.8. The lowest BCUT2D eigenvalue weighted by atomic mass is 10.2. The van der Waals surface area contributed by atoms with Gasteiger partial charge in [-0.3, -0.25) is 4.79 Å². The Hall–Kier alpha value is -2.45. The third-order valence-electron chi connectivity index (χ3n) is 2.90. The Labute approximate surface area is 134 Å². The minimum atomic E-state index is -3.59. The number of pyridine rings is 1. The average Bonchev–Trinajstić information content (AvgIpc) is 2.53. The van der Waals surface area contributed by atoms with Crippen LogP contribution in [-0.2, 0) is 16.6 Å². The van der Waals surface area contributed by atoms with Gasteiger partial charge in [-0.15, -0.1) is 0 Å². The number of amides is 1. The number of hydrogen-bond donors (Lipinski definition) is 2. The van der Waals surface area contributed by atoms with E-state index in [9.17, 15) is 13.2 Å². The number of sulfonamides is 1. The Bertz CT molecular complexity index is 746. The molecule has 1 amide bonds. The number of nitrogens with zero attached hydrogens (tertiary/aromatic N) is 1. The molecule has 122 valence electrons. The number of hydrogen-bond acceptors (Lipinski definition) is 5. The summed E-state index contributed by atoms with van der Waals surface area (Å²) in [6.45, 7) is 0.331. The van der Waals surface area contributed by atoms with E-state index in [0.29, 0.717) is 18.1 Å². The Balaban J connectivity index is 1.85. The number of aromatic nitrogens is 1. The number of nitrogens with one attached hydrogen (secondary N) is 1. The Morgan fingerprint density at radius 3 is 2.52 bits per heavy atom. The molecule has 1 aromatic heterocycles. The van der Waals surface area contributed by atoms with Crippen LogP contribution in [0.4, 0.5) is 0 Å². The van der Waals surface area contributed by atoms with E-state index in [1.54, 1.807) is 12.1 Å². The van der Waals surface area contributed by atoms with Gasteiger partial charge in [-0.05, 0) is 11.6 Å². The molecule has 1 heterocycles. The lowest BCUT2D eigenvalue weighted by Crippen LogP contribution is -2.31. The van der Waals surface area contributed by atoms with Crippen molar-refractivity contribution in [3.8, 4) is 5.88 Å². The van der Waals surface area contributed by atoms with Gasteiger partial charge in [0.1, 0.15) is 6.61 Å². The summed E-state index contributed by atoms with van der Waals surface area (Å²) in [5, 5.41) is 7.31. The molecule has 0 spiro atoms. The second kappa shape index (κ2) is 7.70. The first-order valence-electron chi connectivity index (χ1n) is 6.85. The number of carbonyl (C=O) groups is 1. The molecule has 0 radical (unpaired) electrons. The highest BCUT2D eigenvalue weighted by Gasteiger charge is 2.08. The van der Waals surface area contributed by atoms with Crippen molar-refractivity contribution in [3.05, 3.63) is 59.8 Å². The zero-order valence-electron chi connectivity index (χ0n) is 12.3. The fraction of sp³-hybridized carbons (Fsp3) is 0.200. The van der Waals surface area contributed by atoms with E-state index in [0.717, 1.165) is 5.56 Å². The highest BCUT2D eigenvalue weighted by Crippen LogP contribution is 2.10. The molecule has 0 aliphatic rings. The van der Waals surface area contributed by atoms with Crippen LogP contribution in [-0.4, -0.2) is 31.6 Å². The summed E-state index contributed by atoms with van der Waals surface area (Å²) in [4.78, 5) is 15.8. The van der Waals surface area contributed by atoms with Gasteiger partial charge in [0.15, 0.2) is 0 Å². The largest absolute Gasteiger partial charge is 0.473 e. The molecule has 1 aromatic carbocycles. The molecule has 0 saturated heterocycles. The van der Waals surface area contributed by atoms with Gasteiger partial charge in [0, 0.05) is 18.8 Å². The molecule has 0 aliphatic heterocycles. The van der Waals surface area contributed by atoms with Crippen molar-refractivity contribution in [2.24, 2.45) is 5.14 Å². The van der Waals surface area contributed by atoms with E-state index in [1.807, 2.05) is 30.3 Å². The molecule has 0 bridgehead atoms. The normalized spacial score (nSPS) is 11.0. The van der Waals surface area contributed by atoms with Crippen LogP contribution >= 0.6 is 0 Å². The van der Waals surface area contributed by atoms with Gasteiger partial charge in [0.05, 0.1) is 11.3 Å². The van der Waals surface area contributed by atoms with Gasteiger partial charge in [-0.2, -0.15) is 0 Å². The molecule has 23 heavy (non-hydrogen) atoms. The third kappa shape index (κ3) is 6.05. The van der Waals surface area contributed by atoms with Gasteiger partial charge in [0.25, 0.3) is 5.91 Å². The van der Waals surface area contributed by atoms with Crippen LogP contribution < -0.4 is 15.2 Å². The van der Waals surface area contributed by atoms with Gasteiger partial charge in [-0.1, -0.05) is 30.3 Å². The summed E-state index contributed by atoms with van der Waals surface area (Å²) >= 11 is 0. The molecule has 2 aromatic rings. The quantitative estimate of drug-likeness (QED) is 0.773. The van der Waals surface area contributed by atoms with E-state index >= 15 is 0 Å². The van der Waals surface area contributed by atoms with E-state index in [4.69, 9.17) is 9.88 Å². The summed E-state index contributed by atoms with van der Waals surface area (Å²) in [6.07, 6.45) is 1.37. The first-order chi connectivity index (χ1) is 10.9. The van der Waals surface area contributed by atoms with Gasteiger partial charge < -0.3 is 10.1 Å². The minimum absolute atomic E-state index is 0.0517. The van der Waals surface area contributed by atoms with Crippen molar-refractivity contribution >= 4 is 15.9 Å². The fourth-order valence-electron chi connectivity index (χ4n) is 1.74. The predicted octanol–water partition coefficient (Wildman–Crippen LogP) is 0.679. The van der Waals surface area contributed by atoms with E-state index < -0.39 is 15.9 Å². The first kappa shape index (κ1) is 16.9. The van der Waals surface area contributed by atoms with Gasteiger partial charge >= 0.3 is 0 Å². The molecule has 2 rings (SSSR count). The molecule has 3 N–H and O–H groups in total. The Morgan fingerprint density at radius 1 is 1.17 bits per heavy atom. The second-order valence-corrected chi connectivity index (χ2v) is 6.52. The fourth-order valence-corrected chi connectivity index (χ4v) is 2.13. The van der Waals surface area contributed by atoms with Crippen LogP contribution in [0.2, 0.25) is 0 Å². The lowest BCUT2D eigenvalue weighted by molar-refractivity contribution is 0.0955. The summed E-state index contributed by atoms with van der Waals surface area (Å²) < 4.78 is 27.1. The van der Waals surface area contributed by atoms with Crippen LogP contribution in [0, 0.1) is 0 Å². The standard InChI is InChI=1S/C15H17N3O4S/c16-23(20,21)9-8-17-15(19)13-6-7-14(18-10-13)22-11-12-4-2-1-3-5-12/h1-7,10H,8-9,11H2,(H,17,19)(H2,16,20,21). The summed E-state index contributed by atoms with van der Waals surface area (Å²) in [5.74, 6) is -0.338. The third-order valence-corrected chi connectivity index (χ3v) is 3.67. The number of primary sulfonamides is 1. The topological polar surface area (TPSA) is 111 Å². The zero-order chi connectivity index (χ0) is 16.7. The Morgan fingerprint density at radius 2 is 1.91 bits per heavy atom. The smallest absolute Gasteiger partial charge is 0.252 e. The van der Waals surface area contributed by atoms with Crippen molar-refractivity contribution in [3.63, 3.8) is 0 Å². The first-order valence-corrected chi connectivity index (χ1v) is 8.57. The number of rotatable bonds is 7. The predicted molar refractivity (Wildman–Crippen MR) is 85.3 cm³/mol. The zero-order valence-corrected chi connectivity index (χ0v) is 13.1. The number of ether oxygens (including phenoxy) is 1. The van der Waals surface area contributed by atoms with Crippen LogP contribution in [0.5, 0.6) is 5.88 Å². The lowest BCUT2D eigenvalue weighted by Gasteiger charge is -2.07. The molecule has 0 fully saturated rings. The second-order valence-electron chi connectivity index (χ2n) is 4.78. The van der Waals surface area contributed by atoms with Crippen LogP contribution in [0.15, 0.2) is 48.7 Å². The molecule has 7 nitrogen and oxygen atoms in total. The molecule has 0 saturated carbocycles. The summed E-state index contributed by atoms with van der Waals surface area (Å²) in [7, 11) is -3.59. The molecule has 8 heteroatoms. The average molecular weight is 335 g/mol. The molecule has 0 aliphatic carbocycles. The van der Waals surface area contributed by atoms with Crippen LogP contribution in [0.1, 0.15) is 15.9 Å². The monoisotopic (exact) mass is 335 g/mol. The Kier molecular flexibility index (Phi) is 5.67. The summed E-state index contributed by atoms with van der Waals surface area (Å²) in [5.41, 5.74) is 1.32. The van der Waals surface area contributed by atoms with Gasteiger partial charge in [0.2, 0.25) is 15.9 Å². The van der Waals surface area contributed by atoms with Crippen molar-refractivity contribution in [2.45, 2.75) is 6.61 Å². The van der Waals surface area contributed by atoms with E-state index in [-0.39, 0.29) is 12.3 Å². The summed E-state index contributed by atoms with van der Waals surface area (Å²) in [6, 6.07) is 12.8. The molecule has 0 atom stereocenters. The SMILES string of the molecule is NS(=O)(=O)CCNC(=O)c1ccc(OCc2ccccc2)nc1. The molecule has 0 unspecified atom stereocenters. The van der Waals surface area contributed by atoms with Gasteiger partial charge in [-0.25, -0.2) is 18.5 Å². The van der Waals surface area contributed by atoms with Crippen molar-refractivity contribution in [1.29, 1.82) is 0 Å². The van der Waals surface area contributed by atoms with Crippen LogP contribution in [0.3, 0.4) is 0 Å². The van der Waals surface area contributed by atoms with E-state index in [2.05, 4.69) is 10.3 Å². The maximum Gasteiger partial charge on any atom is 0.252 e. The van der Waals surface area contributed by atoms with Crippen molar-refractivity contribution < 1.29 is 17.9 Å². The van der Waals surface area contributed by atoms with Crippen molar-refractivity contribution in [1.82, 2.24) is 10.3 Å². The van der Waals surface area contributed by atoms with Crippen LogP contribution in [0.25, 0.3) is 0 Å². The number of benzene rings is 1. The highest BCUT2D eigenvalue weighted by molar-refractivity contribution is 7.89. The molecular weight excluding hydrogens is 318 g/mol. The highest BCUT2D eigenvalue weighted by atomic mass is 32.2. The van der Waals surface area contributed by atoms with E-state index in [1.165, 1.54) is 6.20 Å². The molecular formula is C15H17N3O4S.